The number of aliphatic hydroxyl groups is 1. The molecule has 3 rings (SSSR count). The molecule has 0 aromatic carbocycles. The van der Waals surface area contributed by atoms with Crippen molar-refractivity contribution >= 4 is 11.8 Å². The van der Waals surface area contributed by atoms with Crippen LogP contribution in [0.1, 0.15) is 54.4 Å². The summed E-state index contributed by atoms with van der Waals surface area (Å²) in [4.78, 5) is 29.0. The first kappa shape index (κ1) is 17.9. The van der Waals surface area contributed by atoms with Crippen molar-refractivity contribution < 1.29 is 19.2 Å². The Morgan fingerprint density at radius 2 is 2.20 bits per heavy atom. The molecule has 0 saturated carbocycles. The minimum absolute atomic E-state index is 0.00661. The highest BCUT2D eigenvalue weighted by Gasteiger charge is 2.40. The van der Waals surface area contributed by atoms with Gasteiger partial charge in [-0.15, -0.1) is 0 Å². The van der Waals surface area contributed by atoms with Crippen LogP contribution in [0.4, 0.5) is 0 Å². The summed E-state index contributed by atoms with van der Waals surface area (Å²) in [7, 11) is 0. The summed E-state index contributed by atoms with van der Waals surface area (Å²) in [6.45, 7) is 5.75. The van der Waals surface area contributed by atoms with Crippen molar-refractivity contribution in [2.24, 2.45) is 5.92 Å². The molecule has 0 spiro atoms. The van der Waals surface area contributed by atoms with Gasteiger partial charge in [0.05, 0.1) is 5.69 Å². The highest BCUT2D eigenvalue weighted by Crippen LogP contribution is 2.32. The zero-order chi connectivity index (χ0) is 18.0. The zero-order valence-electron chi connectivity index (χ0n) is 15.0. The first-order valence-electron chi connectivity index (χ1n) is 9.21. The molecular weight excluding hydrogens is 322 g/mol. The standard InChI is InChI=1S/C18H27N3O4/c1-3-14-17(12(2)25-19-14)18(24)20-9-7-15-13(11-20)5-6-16(23)21(15)8-4-10-22/h13,15,22H,3-11H2,1-2H3/t13-,15+/m1/s1. The first-order chi connectivity index (χ1) is 12.1. The van der Waals surface area contributed by atoms with Crippen LogP contribution < -0.4 is 0 Å². The number of piperidine rings is 2. The molecular formula is C18H27N3O4. The first-order valence-corrected chi connectivity index (χ1v) is 9.21. The van der Waals surface area contributed by atoms with Crippen LogP contribution >= 0.6 is 0 Å². The predicted octanol–water partition coefficient (Wildman–Crippen LogP) is 1.38. The Hall–Kier alpha value is -1.89. The van der Waals surface area contributed by atoms with Crippen LogP contribution in [0.3, 0.4) is 0 Å². The van der Waals surface area contributed by atoms with Gasteiger partial charge in [-0.05, 0) is 38.5 Å². The minimum atomic E-state index is -0.00661. The number of carbonyl (C=O) groups is 2. The third-order valence-electron chi connectivity index (χ3n) is 5.47. The van der Waals surface area contributed by atoms with Crippen molar-refractivity contribution in [2.75, 3.05) is 26.2 Å². The van der Waals surface area contributed by atoms with E-state index in [-0.39, 0.29) is 24.5 Å². The average Bonchev–Trinajstić information content (AvgIpc) is 3.00. The van der Waals surface area contributed by atoms with Crippen LogP contribution in [-0.4, -0.2) is 64.2 Å². The third-order valence-corrected chi connectivity index (χ3v) is 5.47. The van der Waals surface area contributed by atoms with Crippen molar-refractivity contribution in [3.8, 4) is 0 Å². The van der Waals surface area contributed by atoms with Crippen LogP contribution in [0.15, 0.2) is 4.52 Å². The van der Waals surface area contributed by atoms with Gasteiger partial charge in [0.2, 0.25) is 5.91 Å². The van der Waals surface area contributed by atoms with E-state index in [1.165, 1.54) is 0 Å². The molecule has 3 heterocycles. The fourth-order valence-corrected chi connectivity index (χ4v) is 4.16. The van der Waals surface area contributed by atoms with E-state index < -0.39 is 0 Å². The van der Waals surface area contributed by atoms with Crippen molar-refractivity contribution in [2.45, 2.75) is 52.0 Å². The van der Waals surface area contributed by atoms with E-state index in [0.717, 1.165) is 12.8 Å². The number of likely N-dealkylation sites (tertiary alicyclic amines) is 2. The van der Waals surface area contributed by atoms with E-state index in [1.54, 1.807) is 6.92 Å². The number of carbonyl (C=O) groups excluding carboxylic acids is 2. The van der Waals surface area contributed by atoms with E-state index >= 15 is 0 Å². The normalized spacial score (nSPS) is 23.7. The number of hydrogen-bond donors (Lipinski definition) is 1. The van der Waals surface area contributed by atoms with Gasteiger partial charge in [0.15, 0.2) is 0 Å². The molecule has 25 heavy (non-hydrogen) atoms. The lowest BCUT2D eigenvalue weighted by Crippen LogP contribution is -2.57. The average molecular weight is 349 g/mol. The molecule has 2 aliphatic heterocycles. The molecule has 1 aromatic heterocycles. The smallest absolute Gasteiger partial charge is 0.259 e. The topological polar surface area (TPSA) is 86.9 Å². The maximum atomic E-state index is 13.0. The maximum absolute atomic E-state index is 13.0. The number of hydrogen-bond acceptors (Lipinski definition) is 5. The van der Waals surface area contributed by atoms with Gasteiger partial charge in [0.1, 0.15) is 11.3 Å². The van der Waals surface area contributed by atoms with Gasteiger partial charge < -0.3 is 19.4 Å². The molecule has 2 fully saturated rings. The molecule has 7 heteroatoms. The number of amides is 2. The number of rotatable bonds is 5. The summed E-state index contributed by atoms with van der Waals surface area (Å²) in [5.41, 5.74) is 1.32. The molecule has 0 bridgehead atoms. The number of aromatic nitrogens is 1. The highest BCUT2D eigenvalue weighted by molar-refractivity contribution is 5.96. The monoisotopic (exact) mass is 349 g/mol. The summed E-state index contributed by atoms with van der Waals surface area (Å²) in [5.74, 6) is 1.05. The van der Waals surface area contributed by atoms with E-state index in [0.29, 0.717) is 61.8 Å². The Bertz CT molecular complexity index is 642. The van der Waals surface area contributed by atoms with E-state index in [9.17, 15) is 9.59 Å². The van der Waals surface area contributed by atoms with Crippen molar-refractivity contribution in [3.05, 3.63) is 17.0 Å². The molecule has 1 aromatic rings. The number of fused-ring (bicyclic) bond motifs is 1. The van der Waals surface area contributed by atoms with Crippen LogP contribution in [0.25, 0.3) is 0 Å². The Balaban J connectivity index is 1.72. The molecule has 2 aliphatic rings. The van der Waals surface area contributed by atoms with Gasteiger partial charge in [-0.1, -0.05) is 12.1 Å². The lowest BCUT2D eigenvalue weighted by atomic mass is 9.83. The lowest BCUT2D eigenvalue weighted by Gasteiger charge is -2.47. The van der Waals surface area contributed by atoms with Crippen LogP contribution in [0, 0.1) is 12.8 Å². The largest absolute Gasteiger partial charge is 0.396 e. The molecule has 0 aliphatic carbocycles. The maximum Gasteiger partial charge on any atom is 0.259 e. The second-order valence-corrected chi connectivity index (χ2v) is 6.98. The number of aliphatic hydroxyl groups excluding tert-OH is 1. The Morgan fingerprint density at radius 1 is 1.40 bits per heavy atom. The van der Waals surface area contributed by atoms with Gasteiger partial charge in [-0.2, -0.15) is 0 Å². The summed E-state index contributed by atoms with van der Waals surface area (Å²) in [5, 5.41) is 13.1. The quantitative estimate of drug-likeness (QED) is 0.868. The molecule has 1 N–H and O–H groups in total. The summed E-state index contributed by atoms with van der Waals surface area (Å²) >= 11 is 0. The second-order valence-electron chi connectivity index (χ2n) is 6.98. The van der Waals surface area contributed by atoms with Gasteiger partial charge in [-0.25, -0.2) is 0 Å². The summed E-state index contributed by atoms with van der Waals surface area (Å²) in [6, 6.07) is 0.186. The fourth-order valence-electron chi connectivity index (χ4n) is 4.16. The lowest BCUT2D eigenvalue weighted by molar-refractivity contribution is -0.140. The molecule has 2 saturated heterocycles. The Labute approximate surface area is 147 Å². The SMILES string of the molecule is CCc1noc(C)c1C(=O)N1CC[C@H]2[C@H](CCC(=O)N2CCCO)C1. The van der Waals surface area contributed by atoms with Crippen LogP contribution in [0.2, 0.25) is 0 Å². The Kier molecular flexibility index (Phi) is 5.42. The third kappa shape index (κ3) is 3.42. The molecule has 7 nitrogen and oxygen atoms in total. The summed E-state index contributed by atoms with van der Waals surface area (Å²) < 4.78 is 5.21. The van der Waals surface area contributed by atoms with Crippen LogP contribution in [-0.2, 0) is 11.2 Å². The molecule has 138 valence electrons. The van der Waals surface area contributed by atoms with Gasteiger partial charge in [0, 0.05) is 38.7 Å². The van der Waals surface area contributed by atoms with Crippen molar-refractivity contribution in [1.82, 2.24) is 15.0 Å². The van der Waals surface area contributed by atoms with Crippen molar-refractivity contribution in [1.29, 1.82) is 0 Å². The van der Waals surface area contributed by atoms with Gasteiger partial charge in [-0.3, -0.25) is 9.59 Å². The number of nitrogens with zero attached hydrogens (tertiary/aromatic N) is 3. The predicted molar refractivity (Wildman–Crippen MR) is 91.1 cm³/mol. The molecule has 0 radical (unpaired) electrons. The van der Waals surface area contributed by atoms with Gasteiger partial charge >= 0.3 is 0 Å². The van der Waals surface area contributed by atoms with E-state index in [4.69, 9.17) is 9.63 Å². The number of aryl methyl sites for hydroxylation is 2. The minimum Gasteiger partial charge on any atom is -0.396 e. The zero-order valence-corrected chi connectivity index (χ0v) is 15.0. The summed E-state index contributed by atoms with van der Waals surface area (Å²) in [6.07, 6.45) is 3.42. The Morgan fingerprint density at radius 3 is 2.92 bits per heavy atom. The van der Waals surface area contributed by atoms with Crippen LogP contribution in [0.5, 0.6) is 0 Å². The molecule has 0 unspecified atom stereocenters. The van der Waals surface area contributed by atoms with Gasteiger partial charge in [0.25, 0.3) is 5.91 Å². The second kappa shape index (κ2) is 7.56. The van der Waals surface area contributed by atoms with Crippen molar-refractivity contribution in [3.63, 3.8) is 0 Å². The van der Waals surface area contributed by atoms with E-state index in [2.05, 4.69) is 5.16 Å². The molecule has 2 atom stereocenters. The fraction of sp³-hybridized carbons (Fsp3) is 0.722. The molecule has 2 amide bonds. The highest BCUT2D eigenvalue weighted by atomic mass is 16.5. The van der Waals surface area contributed by atoms with E-state index in [1.807, 2.05) is 16.7 Å².